The average molecular weight is 827 g/mol. The van der Waals surface area contributed by atoms with Crippen molar-refractivity contribution in [3.8, 4) is 6.07 Å². The number of halogens is 3. The molecule has 6 rings (SSSR count). The molecule has 0 bridgehead atoms. The van der Waals surface area contributed by atoms with E-state index in [9.17, 15) is 37.1 Å². The lowest BCUT2D eigenvalue weighted by molar-refractivity contribution is -0.138. The number of hydrogen-bond acceptors (Lipinski definition) is 11. The summed E-state index contributed by atoms with van der Waals surface area (Å²) in [7, 11) is 0. The van der Waals surface area contributed by atoms with E-state index in [-0.39, 0.29) is 59.8 Å². The first-order chi connectivity index (χ1) is 27.5. The van der Waals surface area contributed by atoms with Crippen molar-refractivity contribution >= 4 is 47.4 Å². The highest BCUT2D eigenvalue weighted by molar-refractivity contribution is 7.98. The van der Waals surface area contributed by atoms with Gasteiger partial charge >= 0.3 is 12.2 Å². The minimum atomic E-state index is -4.76. The number of carbonyl (C=O) groups excluding carboxylic acids is 5. The van der Waals surface area contributed by atoms with E-state index in [0.29, 0.717) is 62.0 Å². The number of carbonyl (C=O) groups is 5. The number of piperidine rings is 1. The molecule has 14 nitrogen and oxygen atoms in total. The molecule has 3 aliphatic heterocycles. The number of amides is 6. The molecule has 1 aromatic carbocycles. The molecule has 2 N–H and O–H groups in total. The third kappa shape index (κ3) is 9.65. The molecular weight excluding hydrogens is 778 g/mol. The third-order valence-electron chi connectivity index (χ3n) is 11.5. The van der Waals surface area contributed by atoms with Crippen LogP contribution in [0.4, 0.5) is 23.8 Å². The highest BCUT2D eigenvalue weighted by atomic mass is 32.2. The van der Waals surface area contributed by atoms with Crippen LogP contribution in [0.3, 0.4) is 0 Å². The van der Waals surface area contributed by atoms with E-state index in [1.165, 1.54) is 12.1 Å². The molecule has 0 spiro atoms. The Labute approximate surface area is 339 Å². The van der Waals surface area contributed by atoms with Crippen molar-refractivity contribution in [2.45, 2.75) is 119 Å². The molecule has 312 valence electrons. The van der Waals surface area contributed by atoms with Gasteiger partial charge in [0, 0.05) is 61.9 Å². The number of aromatic nitrogens is 1. The molecule has 1 saturated carbocycles. The number of nitriles is 1. The molecule has 4 heterocycles. The van der Waals surface area contributed by atoms with Crippen LogP contribution in [0.15, 0.2) is 41.4 Å². The molecule has 4 aliphatic rings. The minimum absolute atomic E-state index is 0.00835. The van der Waals surface area contributed by atoms with E-state index in [0.717, 1.165) is 42.5 Å². The van der Waals surface area contributed by atoms with E-state index in [4.69, 9.17) is 10.00 Å². The van der Waals surface area contributed by atoms with Gasteiger partial charge in [0.25, 0.3) is 5.91 Å². The summed E-state index contributed by atoms with van der Waals surface area (Å²) in [5.41, 5.74) is -2.14. The van der Waals surface area contributed by atoms with E-state index < -0.39 is 40.7 Å². The van der Waals surface area contributed by atoms with Gasteiger partial charge in [-0.3, -0.25) is 29.4 Å². The quantitative estimate of drug-likeness (QED) is 0.124. The average Bonchev–Trinajstić information content (AvgIpc) is 3.33. The lowest BCUT2D eigenvalue weighted by atomic mass is 9.89. The number of benzene rings is 1. The summed E-state index contributed by atoms with van der Waals surface area (Å²) in [4.78, 5) is 74.1. The highest BCUT2D eigenvalue weighted by Crippen LogP contribution is 2.42. The van der Waals surface area contributed by atoms with Gasteiger partial charge in [-0.2, -0.15) is 22.7 Å². The summed E-state index contributed by atoms with van der Waals surface area (Å²) >= 11 is 0.635. The van der Waals surface area contributed by atoms with Crippen LogP contribution in [0.25, 0.3) is 0 Å². The molecular formula is C40H49F3N8O6S. The lowest BCUT2D eigenvalue weighted by Crippen LogP contribution is -2.58. The summed E-state index contributed by atoms with van der Waals surface area (Å²) in [5.74, 6) is -1.35. The van der Waals surface area contributed by atoms with Gasteiger partial charge in [-0.25, -0.2) is 9.78 Å². The number of anilines is 1. The first-order valence-corrected chi connectivity index (χ1v) is 20.4. The Morgan fingerprint density at radius 1 is 1.05 bits per heavy atom. The van der Waals surface area contributed by atoms with Crippen LogP contribution in [-0.4, -0.2) is 116 Å². The summed E-state index contributed by atoms with van der Waals surface area (Å²) < 4.78 is 47.8. The first-order valence-electron chi connectivity index (χ1n) is 19.6. The van der Waals surface area contributed by atoms with Crippen LogP contribution in [0, 0.1) is 11.3 Å². The molecule has 1 aliphatic carbocycles. The zero-order valence-corrected chi connectivity index (χ0v) is 33.8. The first kappa shape index (κ1) is 43.0. The molecule has 3 saturated heterocycles. The Morgan fingerprint density at radius 3 is 2.38 bits per heavy atom. The van der Waals surface area contributed by atoms with Crippen molar-refractivity contribution in [1.29, 1.82) is 5.26 Å². The normalized spacial score (nSPS) is 25.8. The second kappa shape index (κ2) is 17.7. The number of piperazine rings is 1. The van der Waals surface area contributed by atoms with Crippen molar-refractivity contribution < 1.29 is 41.9 Å². The number of rotatable bonds is 12. The summed E-state index contributed by atoms with van der Waals surface area (Å²) in [6.07, 6.45) is 0.976. The highest BCUT2D eigenvalue weighted by Gasteiger charge is 2.55. The molecule has 6 amide bonds. The van der Waals surface area contributed by atoms with Gasteiger partial charge in [0.15, 0.2) is 0 Å². The molecule has 58 heavy (non-hydrogen) atoms. The van der Waals surface area contributed by atoms with Crippen LogP contribution >= 0.6 is 11.9 Å². The SMILES string of the molecule is C[C@@H]1CN(CCCOC2CCC(N3C(=O)N(Sc4ccc(C#N)c(C(F)(F)F)c4)C(=O)C3(C)C)CC2)C[C@H](C)N1CC(=O)Nc1ccc(C2CCC(=O)NC2=O)cn1. The fourth-order valence-electron chi connectivity index (χ4n) is 8.50. The minimum Gasteiger partial charge on any atom is -0.378 e. The number of imide groups is 2. The fraction of sp³-hybridized carbons (Fsp3) is 0.575. The van der Waals surface area contributed by atoms with Crippen molar-refractivity contribution in [2.75, 3.05) is 38.1 Å². The monoisotopic (exact) mass is 826 g/mol. The van der Waals surface area contributed by atoms with Gasteiger partial charge in [0.2, 0.25) is 17.7 Å². The number of hydrogen-bond donors (Lipinski definition) is 2. The lowest BCUT2D eigenvalue weighted by Gasteiger charge is -2.44. The zero-order valence-electron chi connectivity index (χ0n) is 33.0. The number of ether oxygens (including phenoxy) is 1. The van der Waals surface area contributed by atoms with Crippen LogP contribution in [0.1, 0.15) is 95.2 Å². The number of pyridine rings is 1. The van der Waals surface area contributed by atoms with Crippen LogP contribution < -0.4 is 10.6 Å². The van der Waals surface area contributed by atoms with E-state index in [1.54, 1.807) is 37.1 Å². The maximum absolute atomic E-state index is 13.6. The Kier molecular flexibility index (Phi) is 13.2. The largest absolute Gasteiger partial charge is 0.417 e. The van der Waals surface area contributed by atoms with Crippen molar-refractivity contribution in [1.82, 2.24) is 29.3 Å². The van der Waals surface area contributed by atoms with Gasteiger partial charge in [0.05, 0.1) is 35.8 Å². The van der Waals surface area contributed by atoms with Crippen molar-refractivity contribution in [2.24, 2.45) is 0 Å². The number of urea groups is 1. The van der Waals surface area contributed by atoms with Gasteiger partial charge in [0.1, 0.15) is 11.4 Å². The number of alkyl halides is 3. The smallest absolute Gasteiger partial charge is 0.378 e. The molecule has 0 radical (unpaired) electrons. The Bertz CT molecular complexity index is 1920. The van der Waals surface area contributed by atoms with Gasteiger partial charge in [-0.1, -0.05) is 6.07 Å². The van der Waals surface area contributed by atoms with Crippen LogP contribution in [0.2, 0.25) is 0 Å². The molecule has 18 heteroatoms. The van der Waals surface area contributed by atoms with Gasteiger partial charge in [-0.05, 0) is 108 Å². The van der Waals surface area contributed by atoms with E-state index in [2.05, 4.69) is 39.3 Å². The third-order valence-corrected chi connectivity index (χ3v) is 12.5. The van der Waals surface area contributed by atoms with Crippen molar-refractivity contribution in [3.63, 3.8) is 0 Å². The van der Waals surface area contributed by atoms with E-state index >= 15 is 0 Å². The van der Waals surface area contributed by atoms with Crippen molar-refractivity contribution in [3.05, 3.63) is 53.2 Å². The zero-order chi connectivity index (χ0) is 41.9. The van der Waals surface area contributed by atoms with Gasteiger partial charge in [-0.15, -0.1) is 0 Å². The maximum atomic E-state index is 13.6. The second-order valence-electron chi connectivity index (χ2n) is 16.0. The van der Waals surface area contributed by atoms with E-state index in [1.807, 2.05) is 0 Å². The molecule has 1 unspecified atom stereocenters. The second-order valence-corrected chi connectivity index (χ2v) is 17.1. The predicted molar refractivity (Wildman–Crippen MR) is 207 cm³/mol. The van der Waals surface area contributed by atoms with Crippen LogP contribution in [-0.2, 0) is 30.1 Å². The Morgan fingerprint density at radius 2 is 1.76 bits per heavy atom. The Balaban J connectivity index is 0.907. The molecule has 1 aromatic heterocycles. The molecule has 3 atom stereocenters. The van der Waals surface area contributed by atoms with Crippen LogP contribution in [0.5, 0.6) is 0 Å². The van der Waals surface area contributed by atoms with Gasteiger partial charge < -0.3 is 19.9 Å². The Hall–Kier alpha value is -4.57. The summed E-state index contributed by atoms with van der Waals surface area (Å²) in [6.45, 7) is 10.7. The number of nitrogens with zero attached hydrogens (tertiary/aromatic N) is 6. The predicted octanol–water partition coefficient (Wildman–Crippen LogP) is 5.29. The summed E-state index contributed by atoms with van der Waals surface area (Å²) in [5, 5.41) is 14.3. The topological polar surface area (TPSA) is 168 Å². The fourth-order valence-corrected chi connectivity index (χ4v) is 9.48. The summed E-state index contributed by atoms with van der Waals surface area (Å²) in [6, 6.07) is 7.57. The molecule has 4 fully saturated rings. The number of nitrogens with one attached hydrogen (secondary N) is 2. The standard InChI is InChI=1S/C40H49F3N8O6S/c1-24-21-48(22-25(2)49(24)23-35(53)46-33-14-7-27(20-45-33)31-13-15-34(52)47-36(31)54)16-5-17-57-29-10-8-28(9-11-29)50-38(56)51(37(55)39(50,3)4)58-30-12-6-26(19-44)32(18-30)40(41,42)43/h6-7,12,14,18,20,24-25,28-29,31H,5,8-11,13,15-17,21-23H2,1-4H3,(H,45,46,53)(H,47,52,54)/t24-,25+,28?,29?,31?. The maximum Gasteiger partial charge on any atom is 0.417 e. The molecule has 2 aromatic rings.